The van der Waals surface area contributed by atoms with E-state index in [4.69, 9.17) is 32.8 Å². The summed E-state index contributed by atoms with van der Waals surface area (Å²) in [6.07, 6.45) is -5.15. The van der Waals surface area contributed by atoms with Crippen LogP contribution in [0.3, 0.4) is 0 Å². The first kappa shape index (κ1) is 31.0. The van der Waals surface area contributed by atoms with Crippen molar-refractivity contribution in [3.05, 3.63) is 93.0 Å². The summed E-state index contributed by atoms with van der Waals surface area (Å²) in [5.41, 5.74) is -1.49. The molecule has 2 aliphatic heterocycles. The fraction of sp³-hybridized carbons (Fsp3) is 0.310. The molecule has 3 aromatic carbocycles. The highest BCUT2D eigenvalue weighted by atomic mass is 35.5. The number of ether oxygens (including phenoxy) is 1. The third-order valence-corrected chi connectivity index (χ3v) is 10.2. The van der Waals surface area contributed by atoms with Crippen LogP contribution in [0.1, 0.15) is 39.9 Å². The Morgan fingerprint density at radius 3 is 2.40 bits per heavy atom. The molecule has 0 saturated carbocycles. The molecule has 1 fully saturated rings. The minimum absolute atomic E-state index is 0.0215. The van der Waals surface area contributed by atoms with Gasteiger partial charge in [0.25, 0.3) is 11.5 Å². The summed E-state index contributed by atoms with van der Waals surface area (Å²) < 4.78 is 75.7. The molecular weight excluding hydrogens is 630 g/mol. The van der Waals surface area contributed by atoms with E-state index >= 15 is 0 Å². The van der Waals surface area contributed by atoms with Gasteiger partial charge in [0.1, 0.15) is 5.75 Å². The lowest BCUT2D eigenvalue weighted by Crippen LogP contribution is -2.42. The second-order valence-electron chi connectivity index (χ2n) is 10.3. The molecule has 1 amide bonds. The monoisotopic (exact) mass is 655 g/mol. The molecule has 8 nitrogen and oxygen atoms in total. The highest BCUT2D eigenvalue weighted by Crippen LogP contribution is 2.49. The molecule has 14 heteroatoms. The number of carbonyl (C=O) groups is 1. The van der Waals surface area contributed by atoms with Gasteiger partial charge in [0, 0.05) is 40.7 Å². The molecule has 43 heavy (non-hydrogen) atoms. The van der Waals surface area contributed by atoms with Gasteiger partial charge in [0.15, 0.2) is 0 Å². The van der Waals surface area contributed by atoms with Gasteiger partial charge in [-0.25, -0.2) is 8.42 Å². The maximum Gasteiger partial charge on any atom is 0.435 e. The lowest BCUT2D eigenvalue weighted by molar-refractivity contribution is -0.275. The van der Waals surface area contributed by atoms with E-state index in [2.05, 4.69) is 10.5 Å². The number of halogens is 5. The highest BCUT2D eigenvalue weighted by molar-refractivity contribution is 7.93. The van der Waals surface area contributed by atoms with Gasteiger partial charge in [-0.15, -0.1) is 0 Å². The van der Waals surface area contributed by atoms with Gasteiger partial charge in [-0.05, 0) is 79.1 Å². The van der Waals surface area contributed by atoms with Gasteiger partial charge in [0.05, 0.1) is 23.8 Å². The first-order valence-corrected chi connectivity index (χ1v) is 15.3. The van der Waals surface area contributed by atoms with Crippen molar-refractivity contribution in [2.45, 2.75) is 36.8 Å². The normalized spacial score (nSPS) is 21.3. The lowest BCUT2D eigenvalue weighted by Gasteiger charge is -2.29. The van der Waals surface area contributed by atoms with E-state index in [1.807, 2.05) is 0 Å². The summed E-state index contributed by atoms with van der Waals surface area (Å²) in [6.45, 7) is 1.79. The summed E-state index contributed by atoms with van der Waals surface area (Å²) in [4.78, 5) is 18.1. The van der Waals surface area contributed by atoms with Crippen LogP contribution in [0, 0.1) is 6.92 Å². The van der Waals surface area contributed by atoms with Crippen LogP contribution in [0.25, 0.3) is 0 Å². The Bertz CT molecular complexity index is 1680. The molecule has 0 spiro atoms. The van der Waals surface area contributed by atoms with Gasteiger partial charge >= 0.3 is 6.18 Å². The molecule has 1 N–H and O–H groups in total. The molecule has 2 aliphatic rings. The summed E-state index contributed by atoms with van der Waals surface area (Å²) in [7, 11) is -2.20. The van der Waals surface area contributed by atoms with E-state index in [1.54, 1.807) is 31.2 Å². The molecule has 0 bridgehead atoms. The van der Waals surface area contributed by atoms with Gasteiger partial charge in [-0.3, -0.25) is 9.10 Å². The number of nitrogens with zero attached hydrogens (tertiary/aromatic N) is 2. The number of carbonyl (C=O) groups excluding carboxylic acids is 1. The fourth-order valence-electron chi connectivity index (χ4n) is 5.19. The summed E-state index contributed by atoms with van der Waals surface area (Å²) in [6, 6.07) is 14.7. The number of benzene rings is 3. The average Bonchev–Trinajstić information content (AvgIpc) is 3.53. The molecule has 0 radical (unpaired) electrons. The number of hydrogen-bond donors (Lipinski definition) is 1. The van der Waals surface area contributed by atoms with E-state index in [9.17, 15) is 26.4 Å². The van der Waals surface area contributed by atoms with E-state index in [0.717, 1.165) is 12.1 Å². The van der Waals surface area contributed by atoms with Crippen molar-refractivity contribution in [3.8, 4) is 5.75 Å². The average molecular weight is 657 g/mol. The summed E-state index contributed by atoms with van der Waals surface area (Å²) in [5.74, 6) is 0.0914. The summed E-state index contributed by atoms with van der Waals surface area (Å²) >= 11 is 11.9. The van der Waals surface area contributed by atoms with Crippen LogP contribution in [0.4, 0.5) is 18.9 Å². The van der Waals surface area contributed by atoms with Crippen molar-refractivity contribution in [2.75, 3.05) is 24.5 Å². The van der Waals surface area contributed by atoms with Crippen LogP contribution in [0.15, 0.2) is 65.8 Å². The molecule has 2 heterocycles. The number of hydrogen-bond acceptors (Lipinski definition) is 6. The number of rotatable bonds is 7. The second kappa shape index (κ2) is 11.5. The van der Waals surface area contributed by atoms with Crippen LogP contribution in [-0.2, 0) is 20.5 Å². The molecule has 1 saturated heterocycles. The number of anilines is 1. The zero-order valence-electron chi connectivity index (χ0n) is 22.9. The fourth-order valence-corrected chi connectivity index (χ4v) is 7.55. The van der Waals surface area contributed by atoms with Crippen LogP contribution in [0.5, 0.6) is 5.75 Å². The third kappa shape index (κ3) is 5.87. The van der Waals surface area contributed by atoms with Gasteiger partial charge in [-0.2, -0.15) is 13.2 Å². The minimum atomic E-state index is -4.84. The van der Waals surface area contributed by atoms with Crippen molar-refractivity contribution in [1.82, 2.24) is 5.32 Å². The van der Waals surface area contributed by atoms with Crippen molar-refractivity contribution in [3.63, 3.8) is 0 Å². The first-order valence-electron chi connectivity index (χ1n) is 13.1. The Kier molecular flexibility index (Phi) is 8.32. The van der Waals surface area contributed by atoms with Crippen LogP contribution in [0.2, 0.25) is 10.0 Å². The van der Waals surface area contributed by atoms with Crippen molar-refractivity contribution in [1.29, 1.82) is 0 Å². The molecule has 5 rings (SSSR count). The zero-order valence-corrected chi connectivity index (χ0v) is 25.2. The maximum absolute atomic E-state index is 14.3. The van der Waals surface area contributed by atoms with Gasteiger partial charge < -0.3 is 14.9 Å². The van der Waals surface area contributed by atoms with Crippen molar-refractivity contribution >= 4 is 50.5 Å². The van der Waals surface area contributed by atoms with Crippen LogP contribution in [-0.4, -0.2) is 51.7 Å². The number of nitrogens with one attached hydrogen (secondary N) is 1. The number of aryl methyl sites for hydroxylation is 1. The number of amides is 1. The van der Waals surface area contributed by atoms with Gasteiger partial charge in [-0.1, -0.05) is 34.4 Å². The maximum atomic E-state index is 14.3. The predicted molar refractivity (Wildman–Crippen MR) is 158 cm³/mol. The molecule has 2 atom stereocenters. The van der Waals surface area contributed by atoms with E-state index in [-0.39, 0.29) is 40.0 Å². The molecule has 0 aliphatic carbocycles. The van der Waals surface area contributed by atoms with Gasteiger partial charge in [0.2, 0.25) is 10.0 Å². The largest absolute Gasteiger partial charge is 0.497 e. The van der Waals surface area contributed by atoms with Crippen molar-refractivity contribution < 1.29 is 36.0 Å². The Labute approximate surface area is 256 Å². The topological polar surface area (TPSA) is 97.3 Å². The van der Waals surface area contributed by atoms with E-state index < -0.39 is 39.4 Å². The number of alkyl halides is 3. The Morgan fingerprint density at radius 1 is 1.12 bits per heavy atom. The van der Waals surface area contributed by atoms with E-state index in [0.29, 0.717) is 29.0 Å². The molecule has 3 aromatic rings. The quantitative estimate of drug-likeness (QED) is 0.325. The summed E-state index contributed by atoms with van der Waals surface area (Å²) in [5, 5.41) is 5.67. The first-order chi connectivity index (χ1) is 20.2. The van der Waals surface area contributed by atoms with Crippen LogP contribution < -0.4 is 14.4 Å². The molecule has 0 aromatic heterocycles. The Hall–Kier alpha value is -3.48. The molecular formula is C29H26Cl2F3N3O5S. The Morgan fingerprint density at radius 2 is 1.79 bits per heavy atom. The third-order valence-electron chi connectivity index (χ3n) is 7.55. The van der Waals surface area contributed by atoms with Crippen LogP contribution >= 0.6 is 23.2 Å². The molecule has 228 valence electrons. The standard InChI is InChI=1S/C29H26Cl2F3N3O5S/c1-17-11-18(26-15-28(42-36-26,29(32,33)34)19-12-20(30)14-21(31)13-19)3-8-25(17)27(38)35-16-24-9-10-37(43(24,39)40)22-4-6-23(41-2)7-5-22/h3-8,11-14,24H,9-10,15-16H2,1-2H3,(H,35,38). The zero-order chi connectivity index (χ0) is 31.2. The van der Waals surface area contributed by atoms with E-state index in [1.165, 1.54) is 35.7 Å². The highest BCUT2D eigenvalue weighted by Gasteiger charge is 2.62. The number of sulfonamides is 1. The molecule has 2 unspecified atom stereocenters. The number of methoxy groups -OCH3 is 1. The smallest absolute Gasteiger partial charge is 0.435 e. The minimum Gasteiger partial charge on any atom is -0.497 e. The van der Waals surface area contributed by atoms with Crippen molar-refractivity contribution in [2.24, 2.45) is 5.16 Å². The number of oxime groups is 1. The lowest BCUT2D eigenvalue weighted by atomic mass is 9.86. The predicted octanol–water partition coefficient (Wildman–Crippen LogP) is 6.23. The second-order valence-corrected chi connectivity index (χ2v) is 13.3. The Balaban J connectivity index is 1.28. The SMILES string of the molecule is COc1ccc(N2CCC(CNC(=O)c3ccc(C4=NOC(c5cc(Cl)cc(Cl)c5)(C(F)(F)F)C4)cc3C)S2(=O)=O)cc1.